The van der Waals surface area contributed by atoms with Crippen molar-refractivity contribution in [1.82, 2.24) is 4.98 Å². The zero-order chi connectivity index (χ0) is 16.3. The summed E-state index contributed by atoms with van der Waals surface area (Å²) >= 11 is 0. The van der Waals surface area contributed by atoms with Crippen molar-refractivity contribution < 1.29 is 23.1 Å². The van der Waals surface area contributed by atoms with Crippen LogP contribution in [0.3, 0.4) is 0 Å². The first kappa shape index (κ1) is 19.0. The van der Waals surface area contributed by atoms with Crippen molar-refractivity contribution in [2.24, 2.45) is 0 Å². The minimum atomic E-state index is -2.52. The minimum absolute atomic E-state index is 0.265. The van der Waals surface area contributed by atoms with Crippen LogP contribution in [-0.4, -0.2) is 66.1 Å². The molecule has 8 heteroatoms. The molecular weight excluding hydrogens is 304 g/mol. The Kier molecular flexibility index (Phi) is 9.21. The van der Waals surface area contributed by atoms with E-state index in [4.69, 9.17) is 18.0 Å². The van der Waals surface area contributed by atoms with Gasteiger partial charge in [0.25, 0.3) is 0 Å². The molecule has 1 aromatic heterocycles. The van der Waals surface area contributed by atoms with Gasteiger partial charge >= 0.3 is 8.80 Å². The lowest BCUT2D eigenvalue weighted by Crippen LogP contribution is -2.42. The first-order chi connectivity index (χ1) is 10.7. The van der Waals surface area contributed by atoms with Crippen LogP contribution in [0.1, 0.15) is 6.42 Å². The van der Waals surface area contributed by atoms with E-state index in [0.717, 1.165) is 12.2 Å². The van der Waals surface area contributed by atoms with Crippen LogP contribution in [-0.2, 0) is 18.0 Å². The first-order valence-corrected chi connectivity index (χ1v) is 9.15. The molecule has 22 heavy (non-hydrogen) atoms. The highest BCUT2D eigenvalue weighted by Crippen LogP contribution is 2.14. The van der Waals surface area contributed by atoms with Crippen molar-refractivity contribution >= 4 is 14.6 Å². The average molecular weight is 330 g/mol. The van der Waals surface area contributed by atoms with E-state index in [0.29, 0.717) is 19.2 Å². The lowest BCUT2D eigenvalue weighted by atomic mass is 10.3. The quantitative estimate of drug-likeness (QED) is 0.439. The summed E-state index contributed by atoms with van der Waals surface area (Å²) in [5.74, 6) is 0.734. The van der Waals surface area contributed by atoms with Crippen molar-refractivity contribution in [3.05, 3.63) is 24.4 Å². The van der Waals surface area contributed by atoms with Crippen LogP contribution in [0.25, 0.3) is 0 Å². The van der Waals surface area contributed by atoms with Crippen LogP contribution in [0.2, 0.25) is 6.04 Å². The zero-order valence-electron chi connectivity index (χ0n) is 13.4. The predicted molar refractivity (Wildman–Crippen MR) is 85.8 cm³/mol. The van der Waals surface area contributed by atoms with Crippen LogP contribution >= 0.6 is 0 Å². The molecule has 1 unspecified atom stereocenters. The summed E-state index contributed by atoms with van der Waals surface area (Å²) in [4.78, 5) is 4.12. The SMILES string of the molecule is CO[Si](CCCOCC(O)CNc1ccccn1)(OC)OC. The summed E-state index contributed by atoms with van der Waals surface area (Å²) in [5.41, 5.74) is 0. The van der Waals surface area contributed by atoms with Gasteiger partial charge in [-0.05, 0) is 18.6 Å². The number of nitrogens with zero attached hydrogens (tertiary/aromatic N) is 1. The van der Waals surface area contributed by atoms with Gasteiger partial charge in [-0.25, -0.2) is 4.98 Å². The molecule has 0 aliphatic carbocycles. The molecule has 1 atom stereocenters. The molecule has 0 aliphatic heterocycles. The summed E-state index contributed by atoms with van der Waals surface area (Å²) in [5, 5.41) is 12.9. The first-order valence-electron chi connectivity index (χ1n) is 7.22. The minimum Gasteiger partial charge on any atom is -0.389 e. The molecule has 0 aliphatic rings. The van der Waals surface area contributed by atoms with Crippen molar-refractivity contribution in [2.75, 3.05) is 46.4 Å². The maximum Gasteiger partial charge on any atom is 0.500 e. The van der Waals surface area contributed by atoms with E-state index in [9.17, 15) is 5.11 Å². The maximum absolute atomic E-state index is 9.83. The Bertz CT molecular complexity index is 384. The summed E-state index contributed by atoms with van der Waals surface area (Å²) in [7, 11) is 2.25. The monoisotopic (exact) mass is 330 g/mol. The molecule has 2 N–H and O–H groups in total. The van der Waals surface area contributed by atoms with Crippen LogP contribution in [0.5, 0.6) is 0 Å². The predicted octanol–water partition coefficient (Wildman–Crippen LogP) is 1.14. The van der Waals surface area contributed by atoms with Crippen LogP contribution < -0.4 is 5.32 Å². The second-order valence-corrected chi connectivity index (χ2v) is 7.81. The molecule has 0 radical (unpaired) electrons. The third-order valence-corrected chi connectivity index (χ3v) is 6.03. The van der Waals surface area contributed by atoms with Crippen LogP contribution in [0, 0.1) is 0 Å². The van der Waals surface area contributed by atoms with Crippen LogP contribution in [0.15, 0.2) is 24.4 Å². The van der Waals surface area contributed by atoms with Gasteiger partial charge in [-0.15, -0.1) is 0 Å². The van der Waals surface area contributed by atoms with Gasteiger partial charge in [-0.1, -0.05) is 6.07 Å². The Balaban J connectivity index is 2.11. The molecule has 0 spiro atoms. The number of rotatable bonds is 12. The fourth-order valence-corrected chi connectivity index (χ4v) is 3.60. The van der Waals surface area contributed by atoms with E-state index in [1.54, 1.807) is 27.5 Å². The van der Waals surface area contributed by atoms with Crippen molar-refractivity contribution in [1.29, 1.82) is 0 Å². The number of hydrogen-bond acceptors (Lipinski definition) is 7. The average Bonchev–Trinajstić information content (AvgIpc) is 2.58. The van der Waals surface area contributed by atoms with Crippen molar-refractivity contribution in [3.8, 4) is 0 Å². The van der Waals surface area contributed by atoms with Gasteiger partial charge < -0.3 is 28.4 Å². The molecule has 0 amide bonds. The molecule has 0 saturated carbocycles. The van der Waals surface area contributed by atoms with Gasteiger partial charge in [0.2, 0.25) is 0 Å². The lowest BCUT2D eigenvalue weighted by molar-refractivity contribution is 0.0412. The Morgan fingerprint density at radius 3 is 2.55 bits per heavy atom. The molecule has 1 aromatic rings. The number of anilines is 1. The molecule has 0 saturated heterocycles. The maximum atomic E-state index is 9.83. The summed E-state index contributed by atoms with van der Waals surface area (Å²) in [6.07, 6.45) is 1.86. The lowest BCUT2D eigenvalue weighted by Gasteiger charge is -2.24. The van der Waals surface area contributed by atoms with E-state index in [-0.39, 0.29) is 6.61 Å². The Labute approximate surface area is 132 Å². The van der Waals surface area contributed by atoms with Crippen LogP contribution in [0.4, 0.5) is 5.82 Å². The summed E-state index contributed by atoms with van der Waals surface area (Å²) in [6.45, 7) is 1.18. The zero-order valence-corrected chi connectivity index (χ0v) is 14.4. The highest BCUT2D eigenvalue weighted by Gasteiger charge is 2.36. The van der Waals surface area contributed by atoms with Gasteiger partial charge in [-0.3, -0.25) is 0 Å². The Morgan fingerprint density at radius 1 is 1.23 bits per heavy atom. The number of aliphatic hydroxyl groups is 1. The van der Waals surface area contributed by atoms with E-state index in [1.165, 1.54) is 0 Å². The van der Waals surface area contributed by atoms with Gasteiger partial charge in [0, 0.05) is 46.7 Å². The largest absolute Gasteiger partial charge is 0.500 e. The molecule has 1 heterocycles. The summed E-state index contributed by atoms with van der Waals surface area (Å²) in [6, 6.07) is 6.25. The number of pyridine rings is 1. The Hall–Kier alpha value is -1.03. The topological polar surface area (TPSA) is 82.1 Å². The molecule has 0 fully saturated rings. The third-order valence-electron chi connectivity index (χ3n) is 3.20. The molecule has 1 rings (SSSR count). The number of nitrogens with one attached hydrogen (secondary N) is 1. The Morgan fingerprint density at radius 2 is 1.95 bits per heavy atom. The standard InChI is InChI=1S/C14H26N2O5Si/c1-18-22(19-2,20-3)10-6-9-21-12-13(17)11-16-14-7-4-5-8-15-14/h4-5,7-8,13,17H,6,9-12H2,1-3H3,(H,15,16). The van der Waals surface area contributed by atoms with E-state index in [2.05, 4.69) is 10.3 Å². The summed E-state index contributed by atoms with van der Waals surface area (Å²) < 4.78 is 21.4. The fraction of sp³-hybridized carbons (Fsp3) is 0.643. The molecule has 0 aromatic carbocycles. The number of ether oxygens (including phenoxy) is 1. The second-order valence-electron chi connectivity index (χ2n) is 4.72. The smallest absolute Gasteiger partial charge is 0.389 e. The fourth-order valence-electron chi connectivity index (χ4n) is 1.91. The number of hydrogen-bond donors (Lipinski definition) is 2. The number of aliphatic hydroxyl groups excluding tert-OH is 1. The van der Waals surface area contributed by atoms with Gasteiger partial charge in [0.05, 0.1) is 12.7 Å². The molecule has 7 nitrogen and oxygen atoms in total. The van der Waals surface area contributed by atoms with E-state index < -0.39 is 14.9 Å². The van der Waals surface area contributed by atoms with Gasteiger partial charge in [-0.2, -0.15) is 0 Å². The van der Waals surface area contributed by atoms with Gasteiger partial charge in [0.15, 0.2) is 0 Å². The number of aromatic nitrogens is 1. The third kappa shape index (κ3) is 6.82. The highest BCUT2D eigenvalue weighted by molar-refractivity contribution is 6.60. The van der Waals surface area contributed by atoms with E-state index in [1.807, 2.05) is 18.2 Å². The molecule has 126 valence electrons. The molecule has 0 bridgehead atoms. The van der Waals surface area contributed by atoms with Crippen molar-refractivity contribution in [2.45, 2.75) is 18.6 Å². The van der Waals surface area contributed by atoms with E-state index >= 15 is 0 Å². The highest BCUT2D eigenvalue weighted by atomic mass is 28.4. The normalized spacial score (nSPS) is 13.1. The van der Waals surface area contributed by atoms with Gasteiger partial charge in [0.1, 0.15) is 5.82 Å². The second kappa shape index (κ2) is 10.7. The molecular formula is C14H26N2O5Si. The van der Waals surface area contributed by atoms with Crippen molar-refractivity contribution in [3.63, 3.8) is 0 Å².